The van der Waals surface area contributed by atoms with E-state index in [1.807, 2.05) is 54.6 Å². The average Bonchev–Trinajstić information content (AvgIpc) is 2.82. The number of fused-ring (bicyclic) bond motifs is 1. The number of ether oxygens (including phenoxy) is 2. The van der Waals surface area contributed by atoms with Gasteiger partial charge in [-0.25, -0.2) is 4.39 Å². The summed E-state index contributed by atoms with van der Waals surface area (Å²) in [5.41, 5.74) is 3.47. The summed E-state index contributed by atoms with van der Waals surface area (Å²) in [4.78, 5) is 6.87. The van der Waals surface area contributed by atoms with Gasteiger partial charge in [-0.1, -0.05) is 13.8 Å². The maximum Gasteiger partial charge on any atom is 0.134 e. The van der Waals surface area contributed by atoms with E-state index in [-0.39, 0.29) is 11.4 Å². The highest BCUT2D eigenvalue weighted by atomic mass is 19.1. The Hall–Kier alpha value is -3.34. The molecule has 3 aromatic carbocycles. The molecular weight excluding hydrogens is 427 g/mol. The van der Waals surface area contributed by atoms with Crippen LogP contribution in [0.5, 0.6) is 17.2 Å². The molecule has 4 rings (SSSR count). The Labute approximate surface area is 202 Å². The van der Waals surface area contributed by atoms with Crippen LogP contribution in [-0.2, 0) is 0 Å². The van der Waals surface area contributed by atoms with Crippen LogP contribution in [0.1, 0.15) is 57.6 Å². The van der Waals surface area contributed by atoms with Crippen molar-refractivity contribution in [2.75, 3.05) is 18.6 Å². The van der Waals surface area contributed by atoms with E-state index in [0.717, 1.165) is 42.3 Å². The molecule has 34 heavy (non-hydrogen) atoms. The standard InChI is InChI=1S/C29H33FN2O2/c1-6-15-32-28-17-27(30)21(16-26(28)20(2)18-29(32,3)4)19-31-22-7-9-24(10-8-22)34-25-13-11-23(33-5)12-14-25/h7-14,16-17,19-20H,6,15,18H2,1-5H3. The number of benzene rings is 3. The van der Waals surface area contributed by atoms with Crippen molar-refractivity contribution in [1.82, 2.24) is 0 Å². The number of hydrogen-bond donors (Lipinski definition) is 0. The first kappa shape index (κ1) is 23.8. The summed E-state index contributed by atoms with van der Waals surface area (Å²) in [6, 6.07) is 18.5. The number of nitrogens with zero attached hydrogens (tertiary/aromatic N) is 2. The lowest BCUT2D eigenvalue weighted by Crippen LogP contribution is -2.48. The topological polar surface area (TPSA) is 34.1 Å². The molecule has 1 aliphatic heterocycles. The Morgan fingerprint density at radius 2 is 1.65 bits per heavy atom. The molecule has 0 aromatic heterocycles. The lowest BCUT2D eigenvalue weighted by Gasteiger charge is -2.47. The fourth-order valence-electron chi connectivity index (χ4n) is 4.79. The van der Waals surface area contributed by atoms with Crippen molar-refractivity contribution in [2.45, 2.75) is 52.0 Å². The number of aliphatic imine (C=N–C) groups is 1. The van der Waals surface area contributed by atoms with E-state index in [2.05, 4.69) is 37.6 Å². The van der Waals surface area contributed by atoms with Crippen LogP contribution in [0.4, 0.5) is 15.8 Å². The van der Waals surface area contributed by atoms with Gasteiger partial charge in [0.2, 0.25) is 0 Å². The van der Waals surface area contributed by atoms with Crippen LogP contribution in [0.2, 0.25) is 0 Å². The molecular formula is C29H33FN2O2. The van der Waals surface area contributed by atoms with Gasteiger partial charge in [-0.15, -0.1) is 0 Å². The fourth-order valence-corrected chi connectivity index (χ4v) is 4.79. The molecule has 1 atom stereocenters. The van der Waals surface area contributed by atoms with Gasteiger partial charge in [0.15, 0.2) is 0 Å². The molecule has 1 aliphatic rings. The summed E-state index contributed by atoms with van der Waals surface area (Å²) in [6.45, 7) is 9.81. The summed E-state index contributed by atoms with van der Waals surface area (Å²) in [5, 5.41) is 0. The van der Waals surface area contributed by atoms with E-state index in [0.29, 0.717) is 17.2 Å². The van der Waals surface area contributed by atoms with Crippen molar-refractivity contribution >= 4 is 17.6 Å². The lowest BCUT2D eigenvalue weighted by atomic mass is 9.79. The zero-order chi connectivity index (χ0) is 24.3. The third kappa shape index (κ3) is 5.09. The molecule has 0 aliphatic carbocycles. The van der Waals surface area contributed by atoms with Gasteiger partial charge < -0.3 is 14.4 Å². The van der Waals surface area contributed by atoms with E-state index in [4.69, 9.17) is 9.47 Å². The van der Waals surface area contributed by atoms with Crippen LogP contribution < -0.4 is 14.4 Å². The number of methoxy groups -OCH3 is 1. The lowest BCUT2D eigenvalue weighted by molar-refractivity contribution is 0.375. The SMILES string of the molecule is CCCN1c2cc(F)c(C=Nc3ccc(Oc4ccc(OC)cc4)cc3)cc2C(C)CC1(C)C. The van der Waals surface area contributed by atoms with E-state index in [1.54, 1.807) is 19.4 Å². The second kappa shape index (κ2) is 9.88. The molecule has 3 aromatic rings. The monoisotopic (exact) mass is 460 g/mol. The Kier molecular flexibility index (Phi) is 6.92. The first-order valence-electron chi connectivity index (χ1n) is 11.9. The zero-order valence-electron chi connectivity index (χ0n) is 20.6. The summed E-state index contributed by atoms with van der Waals surface area (Å²) in [5.74, 6) is 2.33. The van der Waals surface area contributed by atoms with E-state index in [9.17, 15) is 0 Å². The van der Waals surface area contributed by atoms with Gasteiger partial charge in [0.1, 0.15) is 23.1 Å². The number of hydrogen-bond acceptors (Lipinski definition) is 4. The van der Waals surface area contributed by atoms with Gasteiger partial charge in [0.25, 0.3) is 0 Å². The molecule has 0 N–H and O–H groups in total. The van der Waals surface area contributed by atoms with Crippen LogP contribution in [0.25, 0.3) is 0 Å². The van der Waals surface area contributed by atoms with Crippen LogP contribution in [0.15, 0.2) is 65.7 Å². The summed E-state index contributed by atoms with van der Waals surface area (Å²) in [7, 11) is 1.63. The van der Waals surface area contributed by atoms with E-state index >= 15 is 4.39 Å². The Bertz CT molecular complexity index is 1150. The van der Waals surface area contributed by atoms with Gasteiger partial charge >= 0.3 is 0 Å². The molecule has 0 saturated heterocycles. The van der Waals surface area contributed by atoms with Gasteiger partial charge in [-0.2, -0.15) is 0 Å². The third-order valence-corrected chi connectivity index (χ3v) is 6.44. The van der Waals surface area contributed by atoms with Gasteiger partial charge in [0.05, 0.1) is 12.8 Å². The second-order valence-corrected chi connectivity index (χ2v) is 9.53. The Morgan fingerprint density at radius 1 is 1.03 bits per heavy atom. The van der Waals surface area contributed by atoms with Crippen molar-refractivity contribution < 1.29 is 13.9 Å². The predicted octanol–water partition coefficient (Wildman–Crippen LogP) is 7.88. The average molecular weight is 461 g/mol. The third-order valence-electron chi connectivity index (χ3n) is 6.44. The van der Waals surface area contributed by atoms with Crippen LogP contribution >= 0.6 is 0 Å². The molecule has 0 saturated carbocycles. The van der Waals surface area contributed by atoms with Gasteiger partial charge in [-0.3, -0.25) is 4.99 Å². The molecule has 4 nitrogen and oxygen atoms in total. The van der Waals surface area contributed by atoms with Gasteiger partial charge in [-0.05, 0) is 98.8 Å². The van der Waals surface area contributed by atoms with Crippen molar-refractivity contribution in [1.29, 1.82) is 0 Å². The highest BCUT2D eigenvalue weighted by Crippen LogP contribution is 2.44. The maximum atomic E-state index is 15.1. The second-order valence-electron chi connectivity index (χ2n) is 9.53. The van der Waals surface area contributed by atoms with E-state index in [1.165, 1.54) is 5.56 Å². The molecule has 0 amide bonds. The molecule has 1 heterocycles. The first-order chi connectivity index (χ1) is 16.3. The number of halogens is 1. The Balaban J connectivity index is 1.52. The largest absolute Gasteiger partial charge is 0.497 e. The fraction of sp³-hybridized carbons (Fsp3) is 0.345. The quantitative estimate of drug-likeness (QED) is 0.336. The van der Waals surface area contributed by atoms with Crippen molar-refractivity contribution in [2.24, 2.45) is 4.99 Å². The number of anilines is 1. The summed E-state index contributed by atoms with van der Waals surface area (Å²) < 4.78 is 26.1. The smallest absolute Gasteiger partial charge is 0.134 e. The van der Waals surface area contributed by atoms with Crippen LogP contribution in [0.3, 0.4) is 0 Å². The predicted molar refractivity (Wildman–Crippen MR) is 138 cm³/mol. The van der Waals surface area contributed by atoms with Crippen LogP contribution in [-0.4, -0.2) is 25.4 Å². The summed E-state index contributed by atoms with van der Waals surface area (Å²) in [6.07, 6.45) is 3.68. The minimum Gasteiger partial charge on any atom is -0.497 e. The highest BCUT2D eigenvalue weighted by Gasteiger charge is 2.36. The molecule has 0 fully saturated rings. The van der Waals surface area contributed by atoms with Crippen LogP contribution in [0, 0.1) is 5.82 Å². The molecule has 0 bridgehead atoms. The van der Waals surface area contributed by atoms with Crippen molar-refractivity contribution in [3.63, 3.8) is 0 Å². The van der Waals surface area contributed by atoms with Crippen molar-refractivity contribution in [3.05, 3.63) is 77.6 Å². The molecule has 0 radical (unpaired) electrons. The van der Waals surface area contributed by atoms with E-state index < -0.39 is 0 Å². The number of rotatable bonds is 7. The molecule has 5 heteroatoms. The van der Waals surface area contributed by atoms with Crippen molar-refractivity contribution in [3.8, 4) is 17.2 Å². The molecule has 1 unspecified atom stereocenters. The molecule has 0 spiro atoms. The normalized spacial score (nSPS) is 17.0. The Morgan fingerprint density at radius 3 is 2.26 bits per heavy atom. The zero-order valence-corrected chi connectivity index (χ0v) is 20.6. The first-order valence-corrected chi connectivity index (χ1v) is 11.9. The minimum atomic E-state index is -0.243. The molecule has 178 valence electrons. The summed E-state index contributed by atoms with van der Waals surface area (Å²) >= 11 is 0. The highest BCUT2D eigenvalue weighted by molar-refractivity contribution is 5.84. The maximum absolute atomic E-state index is 15.1. The van der Waals surface area contributed by atoms with Gasteiger partial charge in [0, 0.05) is 29.5 Å². The minimum absolute atomic E-state index is 0.0140.